The molecule has 0 aromatic heterocycles. The highest BCUT2D eigenvalue weighted by Crippen LogP contribution is 2.35. The molecule has 1 N–H and O–H groups in total. The molecule has 0 heterocycles. The molecular weight excluding hydrogens is 441 g/mol. The van der Waals surface area contributed by atoms with Crippen LogP contribution in [0.4, 0.5) is 0 Å². The molecule has 2 rings (SSSR count). The van der Waals surface area contributed by atoms with E-state index in [4.69, 9.17) is 37.4 Å². The van der Waals surface area contributed by atoms with Crippen LogP contribution in [0.1, 0.15) is 18.1 Å². The number of methoxy groups -OCH3 is 1. The lowest BCUT2D eigenvalue weighted by atomic mass is 10.2. The van der Waals surface area contributed by atoms with Gasteiger partial charge in [0.25, 0.3) is 0 Å². The second-order valence-electron chi connectivity index (χ2n) is 5.52. The maximum absolute atomic E-state index is 6.21. The Balaban J connectivity index is 2.12. The minimum atomic E-state index is 0.327. The highest BCUT2D eigenvalue weighted by molar-refractivity contribution is 9.10. The van der Waals surface area contributed by atoms with E-state index in [1.165, 1.54) is 0 Å². The Morgan fingerprint density at radius 3 is 2.50 bits per heavy atom. The lowest BCUT2D eigenvalue weighted by Gasteiger charge is -2.16. The van der Waals surface area contributed by atoms with E-state index in [2.05, 4.69) is 21.2 Å². The van der Waals surface area contributed by atoms with E-state index < -0.39 is 0 Å². The van der Waals surface area contributed by atoms with Crippen molar-refractivity contribution in [2.45, 2.75) is 20.1 Å². The van der Waals surface area contributed by atoms with Crippen molar-refractivity contribution in [1.82, 2.24) is 5.32 Å². The summed E-state index contributed by atoms with van der Waals surface area (Å²) in [5.74, 6) is 1.36. The third-order valence-electron chi connectivity index (χ3n) is 3.61. The zero-order chi connectivity index (χ0) is 18.9. The molecule has 0 atom stereocenters. The Morgan fingerprint density at radius 1 is 1.04 bits per heavy atom. The first-order valence-corrected chi connectivity index (χ1v) is 9.81. The molecule has 0 amide bonds. The van der Waals surface area contributed by atoms with E-state index in [9.17, 15) is 0 Å². The third kappa shape index (κ3) is 6.32. The van der Waals surface area contributed by atoms with Crippen LogP contribution < -0.4 is 14.8 Å². The number of ether oxygens (including phenoxy) is 3. The Morgan fingerprint density at radius 2 is 1.81 bits per heavy atom. The van der Waals surface area contributed by atoms with Crippen LogP contribution in [0.3, 0.4) is 0 Å². The number of hydrogen-bond acceptors (Lipinski definition) is 4. The molecule has 4 nitrogen and oxygen atoms in total. The summed E-state index contributed by atoms with van der Waals surface area (Å²) in [6, 6.07) is 9.25. The van der Waals surface area contributed by atoms with Gasteiger partial charge in [-0.15, -0.1) is 0 Å². The summed E-state index contributed by atoms with van der Waals surface area (Å²) in [4.78, 5) is 0. The molecular formula is C19H22BrCl2NO3. The molecule has 0 aliphatic rings. The van der Waals surface area contributed by atoms with Gasteiger partial charge < -0.3 is 19.5 Å². The number of rotatable bonds is 10. The lowest BCUT2D eigenvalue weighted by Crippen LogP contribution is -2.18. The largest absolute Gasteiger partial charge is 0.490 e. The number of halogens is 3. The number of nitrogens with one attached hydrogen (secondary N) is 1. The van der Waals surface area contributed by atoms with Gasteiger partial charge >= 0.3 is 0 Å². The molecule has 2 aromatic carbocycles. The molecule has 0 saturated carbocycles. The number of benzene rings is 2. The first kappa shape index (κ1) is 21.3. The molecule has 0 aliphatic carbocycles. The quantitative estimate of drug-likeness (QED) is 0.475. The van der Waals surface area contributed by atoms with Gasteiger partial charge in [0.1, 0.15) is 6.61 Å². The van der Waals surface area contributed by atoms with Crippen molar-refractivity contribution in [3.05, 3.63) is 56.0 Å². The van der Waals surface area contributed by atoms with E-state index in [0.29, 0.717) is 47.9 Å². The molecule has 0 fully saturated rings. The van der Waals surface area contributed by atoms with Crippen molar-refractivity contribution < 1.29 is 14.2 Å². The van der Waals surface area contributed by atoms with Crippen molar-refractivity contribution >= 4 is 39.1 Å². The van der Waals surface area contributed by atoms with E-state index in [1.54, 1.807) is 19.2 Å². The molecule has 7 heteroatoms. The van der Waals surface area contributed by atoms with Gasteiger partial charge in [-0.1, -0.05) is 45.2 Å². The summed E-state index contributed by atoms with van der Waals surface area (Å²) in [6.45, 7) is 4.97. The minimum absolute atomic E-state index is 0.327. The third-order valence-corrected chi connectivity index (χ3v) is 4.93. The van der Waals surface area contributed by atoms with Crippen molar-refractivity contribution in [1.29, 1.82) is 0 Å². The van der Waals surface area contributed by atoms with Crippen molar-refractivity contribution in [3.8, 4) is 11.5 Å². The highest BCUT2D eigenvalue weighted by atomic mass is 79.9. The summed E-state index contributed by atoms with van der Waals surface area (Å²) >= 11 is 15.7. The van der Waals surface area contributed by atoms with Crippen LogP contribution in [-0.4, -0.2) is 26.9 Å². The molecule has 0 unspecified atom stereocenters. The average Bonchev–Trinajstić information content (AvgIpc) is 2.61. The van der Waals surface area contributed by atoms with Gasteiger partial charge in [0, 0.05) is 40.3 Å². The van der Waals surface area contributed by atoms with Gasteiger partial charge in [-0.2, -0.15) is 0 Å². The molecule has 0 saturated heterocycles. The first-order valence-electron chi connectivity index (χ1n) is 8.26. The number of hydrogen-bond donors (Lipinski definition) is 1. The zero-order valence-electron chi connectivity index (χ0n) is 14.8. The Labute approximate surface area is 172 Å². The smallest absolute Gasteiger partial charge is 0.162 e. The fourth-order valence-electron chi connectivity index (χ4n) is 2.29. The monoisotopic (exact) mass is 461 g/mol. The van der Waals surface area contributed by atoms with Crippen LogP contribution >= 0.6 is 39.1 Å². The second kappa shape index (κ2) is 11.0. The summed E-state index contributed by atoms with van der Waals surface area (Å²) in [5, 5.41) is 4.50. The van der Waals surface area contributed by atoms with E-state index in [1.807, 2.05) is 25.1 Å². The average molecular weight is 463 g/mol. The topological polar surface area (TPSA) is 39.7 Å². The van der Waals surface area contributed by atoms with Crippen LogP contribution in [0, 0.1) is 0 Å². The molecule has 0 bridgehead atoms. The van der Waals surface area contributed by atoms with Gasteiger partial charge in [0.05, 0.1) is 13.2 Å². The van der Waals surface area contributed by atoms with Crippen LogP contribution in [-0.2, 0) is 17.9 Å². The molecule has 26 heavy (non-hydrogen) atoms. The van der Waals surface area contributed by atoms with Crippen LogP contribution in [0.5, 0.6) is 11.5 Å². The van der Waals surface area contributed by atoms with Crippen LogP contribution in [0.25, 0.3) is 0 Å². The lowest BCUT2D eigenvalue weighted by molar-refractivity contribution is 0.199. The maximum Gasteiger partial charge on any atom is 0.162 e. The fraction of sp³-hybridized carbons (Fsp3) is 0.368. The summed E-state index contributed by atoms with van der Waals surface area (Å²) in [6.07, 6.45) is 0. The molecule has 0 radical (unpaired) electrons. The summed E-state index contributed by atoms with van der Waals surface area (Å²) < 4.78 is 17.7. The Hall–Kier alpha value is -0.980. The molecule has 142 valence electrons. The van der Waals surface area contributed by atoms with E-state index in [0.717, 1.165) is 22.1 Å². The van der Waals surface area contributed by atoms with Gasteiger partial charge in [-0.25, -0.2) is 0 Å². The maximum atomic E-state index is 6.21. The van der Waals surface area contributed by atoms with Crippen molar-refractivity contribution in [2.24, 2.45) is 0 Å². The van der Waals surface area contributed by atoms with Gasteiger partial charge in [0.2, 0.25) is 0 Å². The predicted octanol–water partition coefficient (Wildman–Crippen LogP) is 5.47. The van der Waals surface area contributed by atoms with Crippen molar-refractivity contribution in [2.75, 3.05) is 26.9 Å². The summed E-state index contributed by atoms with van der Waals surface area (Å²) in [5.41, 5.74) is 1.95. The van der Waals surface area contributed by atoms with Gasteiger partial charge in [0.15, 0.2) is 11.5 Å². The van der Waals surface area contributed by atoms with Gasteiger partial charge in [-0.3, -0.25) is 0 Å². The highest BCUT2D eigenvalue weighted by Gasteiger charge is 2.12. The first-order chi connectivity index (χ1) is 12.5. The fourth-order valence-corrected chi connectivity index (χ4v) is 3.21. The molecule has 2 aromatic rings. The Bertz CT molecular complexity index is 728. The van der Waals surface area contributed by atoms with E-state index in [-0.39, 0.29) is 0 Å². The normalized spacial score (nSPS) is 10.8. The Kier molecular flexibility index (Phi) is 9.02. The second-order valence-corrected chi connectivity index (χ2v) is 7.22. The SMILES string of the molecule is CCOc1cc(CNCCOC)c(Br)cc1OCc1ccc(Cl)cc1Cl. The van der Waals surface area contributed by atoms with E-state index >= 15 is 0 Å². The van der Waals surface area contributed by atoms with Crippen LogP contribution in [0.2, 0.25) is 10.0 Å². The van der Waals surface area contributed by atoms with Crippen LogP contribution in [0.15, 0.2) is 34.8 Å². The standard InChI is InChI=1S/C19H22BrCl2NO3/c1-3-25-18-8-14(11-23-6-7-24-2)16(20)10-19(18)26-12-13-4-5-15(21)9-17(13)22/h4-5,8-10,23H,3,6-7,11-12H2,1-2H3. The van der Waals surface area contributed by atoms with Crippen molar-refractivity contribution in [3.63, 3.8) is 0 Å². The molecule has 0 spiro atoms. The minimum Gasteiger partial charge on any atom is -0.490 e. The predicted molar refractivity (Wildman–Crippen MR) is 110 cm³/mol. The van der Waals surface area contributed by atoms with Gasteiger partial charge in [-0.05, 0) is 36.8 Å². The summed E-state index contributed by atoms with van der Waals surface area (Å²) in [7, 11) is 1.68. The molecule has 0 aliphatic heterocycles. The zero-order valence-corrected chi connectivity index (χ0v) is 17.9.